The third-order valence-corrected chi connectivity index (χ3v) is 2.33. The van der Waals surface area contributed by atoms with Gasteiger partial charge in [0, 0.05) is 6.04 Å². The van der Waals surface area contributed by atoms with Gasteiger partial charge in [-0.25, -0.2) is 4.79 Å². The SMILES string of the molecule is CC.CC.CC(C)(C)OC(=O)NC1CCCCC1.CN. The number of carbonyl (C=O) groups excluding carboxylic acids is 1. The number of alkyl carbamates (subject to hydrolysis) is 1. The Morgan fingerprint density at radius 2 is 1.40 bits per heavy atom. The molecule has 0 aliphatic heterocycles. The van der Waals surface area contributed by atoms with Gasteiger partial charge in [-0.15, -0.1) is 0 Å². The van der Waals surface area contributed by atoms with E-state index < -0.39 is 5.60 Å². The molecule has 124 valence electrons. The molecule has 1 fully saturated rings. The lowest BCUT2D eigenvalue weighted by molar-refractivity contribution is 0.0493. The minimum atomic E-state index is -0.390. The van der Waals surface area contributed by atoms with Crippen LogP contribution in [0.5, 0.6) is 0 Å². The smallest absolute Gasteiger partial charge is 0.407 e. The molecule has 3 N–H and O–H groups in total. The van der Waals surface area contributed by atoms with Crippen molar-refractivity contribution in [3.63, 3.8) is 0 Å². The molecule has 4 nitrogen and oxygen atoms in total. The summed E-state index contributed by atoms with van der Waals surface area (Å²) in [5.74, 6) is 0. The summed E-state index contributed by atoms with van der Waals surface area (Å²) < 4.78 is 5.19. The highest BCUT2D eigenvalue weighted by atomic mass is 16.6. The van der Waals surface area contributed by atoms with Crippen LogP contribution in [0.25, 0.3) is 0 Å². The van der Waals surface area contributed by atoms with Gasteiger partial charge in [0.05, 0.1) is 0 Å². The standard InChI is InChI=1S/C11H21NO2.2C2H6.CH5N/c1-11(2,3)14-10(13)12-9-7-5-4-6-8-9;3*1-2/h9H,4-8H2,1-3H3,(H,12,13);2*1-2H3;2H2,1H3. The number of nitrogens with one attached hydrogen (secondary N) is 1. The lowest BCUT2D eigenvalue weighted by Crippen LogP contribution is -2.39. The van der Waals surface area contributed by atoms with Crippen molar-refractivity contribution in [3.05, 3.63) is 0 Å². The van der Waals surface area contributed by atoms with Crippen molar-refractivity contribution < 1.29 is 9.53 Å². The minimum absolute atomic E-state index is 0.274. The zero-order valence-corrected chi connectivity index (χ0v) is 15.0. The summed E-state index contributed by atoms with van der Waals surface area (Å²) in [5.41, 5.74) is 4.11. The molecule has 0 spiro atoms. The molecule has 20 heavy (non-hydrogen) atoms. The zero-order chi connectivity index (χ0) is 16.6. The van der Waals surface area contributed by atoms with Gasteiger partial charge in [0.1, 0.15) is 5.60 Å². The topological polar surface area (TPSA) is 64.3 Å². The van der Waals surface area contributed by atoms with Crippen molar-refractivity contribution in [2.45, 2.75) is 92.2 Å². The number of rotatable bonds is 1. The van der Waals surface area contributed by atoms with Gasteiger partial charge in [0.2, 0.25) is 0 Å². The number of nitrogens with two attached hydrogens (primary N) is 1. The highest BCUT2D eigenvalue weighted by Gasteiger charge is 2.20. The van der Waals surface area contributed by atoms with Crippen LogP contribution in [0.2, 0.25) is 0 Å². The van der Waals surface area contributed by atoms with Crippen LogP contribution in [0.15, 0.2) is 0 Å². The zero-order valence-electron chi connectivity index (χ0n) is 15.0. The van der Waals surface area contributed by atoms with Crippen molar-refractivity contribution in [1.82, 2.24) is 5.32 Å². The molecule has 0 heterocycles. The number of amides is 1. The van der Waals surface area contributed by atoms with E-state index in [0.717, 1.165) is 12.8 Å². The lowest BCUT2D eigenvalue weighted by Gasteiger charge is -2.25. The molecule has 0 aromatic rings. The molecule has 1 saturated carbocycles. The predicted octanol–water partition coefficient (Wildman–Crippen LogP) is 4.47. The summed E-state index contributed by atoms with van der Waals surface area (Å²) in [5, 5.41) is 2.91. The monoisotopic (exact) mass is 290 g/mol. The van der Waals surface area contributed by atoms with Crippen LogP contribution in [0.3, 0.4) is 0 Å². The Morgan fingerprint density at radius 1 is 1.00 bits per heavy atom. The van der Waals surface area contributed by atoms with E-state index in [1.54, 1.807) is 0 Å². The summed E-state index contributed by atoms with van der Waals surface area (Å²) in [6, 6.07) is 0.332. The second-order valence-electron chi connectivity index (χ2n) is 4.98. The Bertz CT molecular complexity index is 195. The second kappa shape index (κ2) is 16.3. The molecule has 0 atom stereocenters. The summed E-state index contributed by atoms with van der Waals surface area (Å²) in [7, 11) is 1.50. The molecule has 0 radical (unpaired) electrons. The van der Waals surface area contributed by atoms with Gasteiger partial charge in [0.15, 0.2) is 0 Å². The van der Waals surface area contributed by atoms with Crippen LogP contribution in [0.4, 0.5) is 4.79 Å². The highest BCUT2D eigenvalue weighted by Crippen LogP contribution is 2.18. The quantitative estimate of drug-likeness (QED) is 0.748. The Morgan fingerprint density at radius 3 is 1.75 bits per heavy atom. The minimum Gasteiger partial charge on any atom is -0.444 e. The second-order valence-corrected chi connectivity index (χ2v) is 4.98. The maximum absolute atomic E-state index is 11.4. The van der Waals surface area contributed by atoms with Crippen LogP contribution in [-0.2, 0) is 4.74 Å². The fraction of sp³-hybridized carbons (Fsp3) is 0.938. The van der Waals surface area contributed by atoms with Gasteiger partial charge in [-0.3, -0.25) is 0 Å². The molecule has 0 saturated heterocycles. The van der Waals surface area contributed by atoms with Gasteiger partial charge in [-0.1, -0.05) is 47.0 Å². The van der Waals surface area contributed by atoms with Gasteiger partial charge in [0.25, 0.3) is 0 Å². The van der Waals surface area contributed by atoms with E-state index in [4.69, 9.17) is 4.74 Å². The molecular formula is C16H38N2O2. The molecule has 0 aromatic carbocycles. The molecule has 1 amide bonds. The Balaban J connectivity index is -0.000000425. The lowest BCUT2D eigenvalue weighted by atomic mass is 9.96. The Labute approximate surface area is 126 Å². The van der Waals surface area contributed by atoms with E-state index in [1.807, 2.05) is 48.5 Å². The normalized spacial score (nSPS) is 14.2. The molecule has 1 aliphatic rings. The highest BCUT2D eigenvalue weighted by molar-refractivity contribution is 5.68. The van der Waals surface area contributed by atoms with Crippen LogP contribution in [0, 0.1) is 0 Å². The summed E-state index contributed by atoms with van der Waals surface area (Å²) in [6.45, 7) is 13.6. The number of carbonyl (C=O) groups is 1. The molecule has 0 unspecified atom stereocenters. The van der Waals surface area contributed by atoms with E-state index in [-0.39, 0.29) is 6.09 Å². The van der Waals surface area contributed by atoms with Crippen LogP contribution in [0.1, 0.15) is 80.6 Å². The maximum atomic E-state index is 11.4. The van der Waals surface area contributed by atoms with Crippen molar-refractivity contribution >= 4 is 6.09 Å². The van der Waals surface area contributed by atoms with Crippen LogP contribution < -0.4 is 11.1 Å². The van der Waals surface area contributed by atoms with Crippen molar-refractivity contribution in [1.29, 1.82) is 0 Å². The van der Waals surface area contributed by atoms with Crippen LogP contribution in [-0.4, -0.2) is 24.8 Å². The number of ether oxygens (including phenoxy) is 1. The number of hydrogen-bond donors (Lipinski definition) is 2. The molecular weight excluding hydrogens is 252 g/mol. The van der Waals surface area contributed by atoms with E-state index in [2.05, 4.69) is 11.1 Å². The summed E-state index contributed by atoms with van der Waals surface area (Å²) >= 11 is 0. The Kier molecular flexibility index (Phi) is 19.8. The fourth-order valence-corrected chi connectivity index (χ4v) is 1.72. The fourth-order valence-electron chi connectivity index (χ4n) is 1.72. The van der Waals surface area contributed by atoms with E-state index in [0.29, 0.717) is 6.04 Å². The van der Waals surface area contributed by atoms with Crippen molar-refractivity contribution in [2.75, 3.05) is 7.05 Å². The van der Waals surface area contributed by atoms with Crippen molar-refractivity contribution in [3.8, 4) is 0 Å². The van der Waals surface area contributed by atoms with Crippen LogP contribution >= 0.6 is 0 Å². The molecule has 1 aliphatic carbocycles. The third-order valence-electron chi connectivity index (χ3n) is 2.33. The van der Waals surface area contributed by atoms with Gasteiger partial charge < -0.3 is 15.8 Å². The summed E-state index contributed by atoms with van der Waals surface area (Å²) in [6.07, 6.45) is 5.66. The largest absolute Gasteiger partial charge is 0.444 e. The van der Waals surface area contributed by atoms with Gasteiger partial charge >= 0.3 is 6.09 Å². The van der Waals surface area contributed by atoms with E-state index in [1.165, 1.54) is 26.3 Å². The first-order chi connectivity index (χ1) is 9.47. The molecule has 1 rings (SSSR count). The maximum Gasteiger partial charge on any atom is 0.407 e. The van der Waals surface area contributed by atoms with Crippen molar-refractivity contribution in [2.24, 2.45) is 5.73 Å². The molecule has 4 heteroatoms. The average molecular weight is 290 g/mol. The molecule has 0 bridgehead atoms. The first kappa shape index (κ1) is 24.3. The van der Waals surface area contributed by atoms with E-state index in [9.17, 15) is 4.79 Å². The first-order valence-corrected chi connectivity index (χ1v) is 8.04. The van der Waals surface area contributed by atoms with E-state index >= 15 is 0 Å². The molecule has 0 aromatic heterocycles. The van der Waals surface area contributed by atoms with Gasteiger partial charge in [-0.05, 0) is 40.7 Å². The third kappa shape index (κ3) is 17.2. The number of hydrogen-bond acceptors (Lipinski definition) is 3. The van der Waals surface area contributed by atoms with Gasteiger partial charge in [-0.2, -0.15) is 0 Å². The average Bonchev–Trinajstić information content (AvgIpc) is 2.44. The predicted molar refractivity (Wildman–Crippen MR) is 89.1 cm³/mol. The Hall–Kier alpha value is -0.770. The summed E-state index contributed by atoms with van der Waals surface area (Å²) in [4.78, 5) is 11.4. The first-order valence-electron chi connectivity index (χ1n) is 8.04.